The van der Waals surface area contributed by atoms with E-state index in [2.05, 4.69) is 5.32 Å². The molecular weight excluding hydrogens is 392 g/mol. The number of nitrogens with one attached hydrogen (secondary N) is 1. The Hall–Kier alpha value is -2.74. The number of amides is 1. The molecular formula is C21H28N2O5S. The van der Waals surface area contributed by atoms with E-state index >= 15 is 0 Å². The zero-order valence-corrected chi connectivity index (χ0v) is 18.2. The molecule has 0 bridgehead atoms. The van der Waals surface area contributed by atoms with E-state index in [1.165, 1.54) is 11.4 Å². The molecule has 0 unspecified atom stereocenters. The predicted octanol–water partition coefficient (Wildman–Crippen LogP) is 2.66. The van der Waals surface area contributed by atoms with E-state index in [1.54, 1.807) is 31.2 Å². The summed E-state index contributed by atoms with van der Waals surface area (Å²) in [6, 6.07) is 12.4. The maximum absolute atomic E-state index is 12.2. The molecule has 2 rings (SSSR count). The molecule has 29 heavy (non-hydrogen) atoms. The lowest BCUT2D eigenvalue weighted by Gasteiger charge is -2.18. The van der Waals surface area contributed by atoms with Crippen molar-refractivity contribution >= 4 is 21.6 Å². The first kappa shape index (κ1) is 22.5. The van der Waals surface area contributed by atoms with Crippen LogP contribution >= 0.6 is 0 Å². The predicted molar refractivity (Wildman–Crippen MR) is 114 cm³/mol. The van der Waals surface area contributed by atoms with E-state index in [0.29, 0.717) is 24.6 Å². The molecule has 1 N–H and O–H groups in total. The lowest BCUT2D eigenvalue weighted by molar-refractivity contribution is -0.127. The Kier molecular flexibility index (Phi) is 7.50. The number of aryl methyl sites for hydroxylation is 1. The summed E-state index contributed by atoms with van der Waals surface area (Å²) >= 11 is 0. The van der Waals surface area contributed by atoms with Gasteiger partial charge in [-0.3, -0.25) is 9.10 Å². The van der Waals surface area contributed by atoms with Crippen molar-refractivity contribution in [1.82, 2.24) is 5.32 Å². The zero-order valence-electron chi connectivity index (χ0n) is 17.4. The number of benzene rings is 2. The van der Waals surface area contributed by atoms with Crippen molar-refractivity contribution in [1.29, 1.82) is 0 Å². The second-order valence-electron chi connectivity index (χ2n) is 6.82. The molecule has 0 saturated carbocycles. The minimum absolute atomic E-state index is 0.258. The molecule has 7 nitrogen and oxygen atoms in total. The molecule has 0 saturated heterocycles. The number of hydrogen-bond acceptors (Lipinski definition) is 5. The highest BCUT2D eigenvalue weighted by atomic mass is 32.2. The van der Waals surface area contributed by atoms with Crippen LogP contribution in [0.15, 0.2) is 42.5 Å². The molecule has 1 amide bonds. The van der Waals surface area contributed by atoms with Crippen molar-refractivity contribution in [2.24, 2.45) is 0 Å². The number of sulfonamides is 1. The first-order valence-electron chi connectivity index (χ1n) is 9.27. The van der Waals surface area contributed by atoms with Crippen molar-refractivity contribution in [3.8, 4) is 11.5 Å². The highest BCUT2D eigenvalue weighted by Gasteiger charge is 2.15. The van der Waals surface area contributed by atoms with E-state index in [-0.39, 0.29) is 5.91 Å². The Bertz CT molecular complexity index is 942. The van der Waals surface area contributed by atoms with Gasteiger partial charge in [0.05, 0.1) is 18.5 Å². The van der Waals surface area contributed by atoms with Crippen LogP contribution < -0.4 is 19.1 Å². The Morgan fingerprint density at radius 2 is 1.79 bits per heavy atom. The van der Waals surface area contributed by atoms with Crippen LogP contribution in [-0.2, 0) is 14.8 Å². The second-order valence-corrected chi connectivity index (χ2v) is 8.84. The average Bonchev–Trinajstić information content (AvgIpc) is 2.67. The highest BCUT2D eigenvalue weighted by molar-refractivity contribution is 7.92. The molecule has 2 aromatic carbocycles. The number of nitrogens with zero attached hydrogens (tertiary/aromatic N) is 1. The Morgan fingerprint density at radius 3 is 2.41 bits per heavy atom. The van der Waals surface area contributed by atoms with Gasteiger partial charge in [0, 0.05) is 7.05 Å². The van der Waals surface area contributed by atoms with Crippen molar-refractivity contribution in [3.63, 3.8) is 0 Å². The molecule has 0 fully saturated rings. The summed E-state index contributed by atoms with van der Waals surface area (Å²) in [5, 5.41) is 2.78. The Labute approximate surface area is 172 Å². The van der Waals surface area contributed by atoms with E-state index in [0.717, 1.165) is 23.1 Å². The fraction of sp³-hybridized carbons (Fsp3) is 0.381. The first-order chi connectivity index (χ1) is 13.6. The lowest BCUT2D eigenvalue weighted by Crippen LogP contribution is -2.38. The minimum Gasteiger partial charge on any atom is -0.491 e. The monoisotopic (exact) mass is 420 g/mol. The number of rotatable bonds is 9. The van der Waals surface area contributed by atoms with Crippen LogP contribution in [0.25, 0.3) is 0 Å². The van der Waals surface area contributed by atoms with E-state index in [1.807, 2.05) is 32.0 Å². The topological polar surface area (TPSA) is 84.9 Å². The number of ether oxygens (including phenoxy) is 2. The van der Waals surface area contributed by atoms with E-state index < -0.39 is 16.1 Å². The van der Waals surface area contributed by atoms with Crippen LogP contribution in [0.2, 0.25) is 0 Å². The van der Waals surface area contributed by atoms with Crippen LogP contribution in [0, 0.1) is 13.8 Å². The summed E-state index contributed by atoms with van der Waals surface area (Å²) in [5.41, 5.74) is 2.75. The molecule has 1 atom stereocenters. The third-order valence-electron chi connectivity index (χ3n) is 4.59. The van der Waals surface area contributed by atoms with E-state index in [4.69, 9.17) is 9.47 Å². The molecule has 0 aliphatic heterocycles. The molecule has 0 aliphatic carbocycles. The third-order valence-corrected chi connectivity index (χ3v) is 5.80. The van der Waals surface area contributed by atoms with Crippen molar-refractivity contribution in [2.45, 2.75) is 26.9 Å². The fourth-order valence-corrected chi connectivity index (χ4v) is 3.05. The summed E-state index contributed by atoms with van der Waals surface area (Å²) < 4.78 is 35.6. The van der Waals surface area contributed by atoms with Gasteiger partial charge in [0.1, 0.15) is 18.1 Å². The first-order valence-corrected chi connectivity index (χ1v) is 11.1. The van der Waals surface area contributed by atoms with Gasteiger partial charge in [-0.05, 0) is 62.2 Å². The summed E-state index contributed by atoms with van der Waals surface area (Å²) in [6.45, 7) is 6.39. The van der Waals surface area contributed by atoms with Gasteiger partial charge in [-0.1, -0.05) is 12.1 Å². The Morgan fingerprint density at radius 1 is 1.14 bits per heavy atom. The van der Waals surface area contributed by atoms with Gasteiger partial charge in [-0.2, -0.15) is 0 Å². The zero-order chi connectivity index (χ0) is 21.6. The molecule has 0 heterocycles. The summed E-state index contributed by atoms with van der Waals surface area (Å²) in [5.74, 6) is 1.03. The third kappa shape index (κ3) is 6.39. The summed E-state index contributed by atoms with van der Waals surface area (Å²) in [4.78, 5) is 12.2. The molecule has 0 spiro atoms. The lowest BCUT2D eigenvalue weighted by atomic mass is 10.1. The summed E-state index contributed by atoms with van der Waals surface area (Å²) in [6.07, 6.45) is 0.433. The van der Waals surface area contributed by atoms with Gasteiger partial charge in [0.15, 0.2) is 6.10 Å². The number of anilines is 1. The smallest absolute Gasteiger partial charge is 0.260 e. The van der Waals surface area contributed by atoms with Gasteiger partial charge >= 0.3 is 0 Å². The Balaban J connectivity index is 1.81. The minimum atomic E-state index is -3.33. The van der Waals surface area contributed by atoms with Crippen molar-refractivity contribution in [2.75, 3.05) is 30.8 Å². The highest BCUT2D eigenvalue weighted by Crippen LogP contribution is 2.21. The summed E-state index contributed by atoms with van der Waals surface area (Å²) in [7, 11) is -1.85. The van der Waals surface area contributed by atoms with Crippen LogP contribution in [0.1, 0.15) is 18.1 Å². The van der Waals surface area contributed by atoms with Gasteiger partial charge in [-0.15, -0.1) is 0 Å². The average molecular weight is 421 g/mol. The standard InChI is InChI=1S/C21H28N2O5S/c1-15-7-6-8-20(16(15)2)27-14-13-22-21(24)17(3)28-19-11-9-18(10-12-19)23(4)29(5,25)26/h6-12,17H,13-14H2,1-5H3,(H,22,24)/t17-/m0/s1. The molecule has 8 heteroatoms. The molecule has 2 aromatic rings. The number of carbonyl (C=O) groups is 1. The molecule has 0 radical (unpaired) electrons. The largest absolute Gasteiger partial charge is 0.491 e. The molecule has 0 aromatic heterocycles. The molecule has 0 aliphatic rings. The fourth-order valence-electron chi connectivity index (χ4n) is 2.54. The van der Waals surface area contributed by atoms with Crippen molar-refractivity contribution < 1.29 is 22.7 Å². The quantitative estimate of drug-likeness (QED) is 0.631. The normalized spacial score (nSPS) is 12.2. The second kappa shape index (κ2) is 9.65. The van der Waals surface area contributed by atoms with Gasteiger partial charge in [0.2, 0.25) is 10.0 Å². The maximum atomic E-state index is 12.2. The molecule has 158 valence electrons. The SMILES string of the molecule is Cc1cccc(OCCNC(=O)[C@H](C)Oc2ccc(N(C)S(C)(=O)=O)cc2)c1C. The van der Waals surface area contributed by atoms with Crippen LogP contribution in [0.5, 0.6) is 11.5 Å². The maximum Gasteiger partial charge on any atom is 0.260 e. The van der Waals surface area contributed by atoms with E-state index in [9.17, 15) is 13.2 Å². The van der Waals surface area contributed by atoms with Gasteiger partial charge < -0.3 is 14.8 Å². The number of hydrogen-bond donors (Lipinski definition) is 1. The van der Waals surface area contributed by atoms with Crippen LogP contribution in [-0.4, -0.2) is 46.9 Å². The van der Waals surface area contributed by atoms with Crippen molar-refractivity contribution in [3.05, 3.63) is 53.6 Å². The van der Waals surface area contributed by atoms with Crippen LogP contribution in [0.3, 0.4) is 0 Å². The van der Waals surface area contributed by atoms with Gasteiger partial charge in [0.25, 0.3) is 5.91 Å². The van der Waals surface area contributed by atoms with Gasteiger partial charge in [-0.25, -0.2) is 8.42 Å². The van der Waals surface area contributed by atoms with Crippen LogP contribution in [0.4, 0.5) is 5.69 Å². The number of carbonyl (C=O) groups excluding carboxylic acids is 1.